The van der Waals surface area contributed by atoms with E-state index in [4.69, 9.17) is 5.11 Å². The number of carboxylic acid groups (broad SMARTS) is 1. The summed E-state index contributed by atoms with van der Waals surface area (Å²) in [6.45, 7) is 1.51. The molecular formula is C14H15NO2S. The first-order chi connectivity index (χ1) is 8.75. The van der Waals surface area contributed by atoms with Crippen molar-refractivity contribution in [3.63, 3.8) is 0 Å². The van der Waals surface area contributed by atoms with Crippen LogP contribution < -0.4 is 5.32 Å². The highest BCUT2D eigenvalue weighted by Crippen LogP contribution is 2.11. The maximum atomic E-state index is 10.8. The number of hydrogen-bond acceptors (Lipinski definition) is 3. The van der Waals surface area contributed by atoms with E-state index in [0.29, 0.717) is 6.54 Å². The van der Waals surface area contributed by atoms with E-state index in [1.807, 2.05) is 30.3 Å². The van der Waals surface area contributed by atoms with Gasteiger partial charge in [0.15, 0.2) is 0 Å². The van der Waals surface area contributed by atoms with Gasteiger partial charge in [0.2, 0.25) is 0 Å². The van der Waals surface area contributed by atoms with Crippen LogP contribution in [-0.2, 0) is 24.3 Å². The number of carboxylic acids is 1. The van der Waals surface area contributed by atoms with Crippen LogP contribution >= 0.6 is 11.3 Å². The molecule has 2 aromatic rings. The molecule has 0 aliphatic rings. The zero-order chi connectivity index (χ0) is 12.8. The lowest BCUT2D eigenvalue weighted by molar-refractivity contribution is -0.136. The summed E-state index contributed by atoms with van der Waals surface area (Å²) < 4.78 is 0. The third-order valence-corrected chi connectivity index (χ3v) is 3.53. The van der Waals surface area contributed by atoms with Crippen molar-refractivity contribution in [2.75, 3.05) is 0 Å². The van der Waals surface area contributed by atoms with Crippen LogP contribution in [0.3, 0.4) is 0 Å². The Balaban J connectivity index is 1.94. The van der Waals surface area contributed by atoms with Gasteiger partial charge < -0.3 is 10.4 Å². The van der Waals surface area contributed by atoms with Crippen molar-refractivity contribution in [2.45, 2.75) is 19.5 Å². The molecule has 18 heavy (non-hydrogen) atoms. The molecule has 2 N–H and O–H groups in total. The van der Waals surface area contributed by atoms with E-state index in [1.165, 1.54) is 4.88 Å². The molecule has 1 heterocycles. The Hall–Kier alpha value is -1.65. The fourth-order valence-corrected chi connectivity index (χ4v) is 2.47. The number of carbonyl (C=O) groups is 1. The quantitative estimate of drug-likeness (QED) is 0.840. The first-order valence-electron chi connectivity index (χ1n) is 5.77. The predicted molar refractivity (Wildman–Crippen MR) is 72.6 cm³/mol. The molecule has 1 aromatic carbocycles. The minimum Gasteiger partial charge on any atom is -0.481 e. The average Bonchev–Trinajstić information content (AvgIpc) is 2.84. The van der Waals surface area contributed by atoms with Crippen molar-refractivity contribution in [2.24, 2.45) is 0 Å². The lowest BCUT2D eigenvalue weighted by atomic mass is 10.0. The van der Waals surface area contributed by atoms with Gasteiger partial charge in [-0.05, 0) is 22.6 Å². The van der Waals surface area contributed by atoms with Crippen LogP contribution in [-0.4, -0.2) is 11.1 Å². The molecule has 0 spiro atoms. The molecule has 0 atom stereocenters. The van der Waals surface area contributed by atoms with Crippen LogP contribution in [0.5, 0.6) is 0 Å². The molecule has 3 nitrogen and oxygen atoms in total. The number of rotatable bonds is 6. The van der Waals surface area contributed by atoms with Gasteiger partial charge in [0, 0.05) is 18.0 Å². The normalized spacial score (nSPS) is 10.4. The van der Waals surface area contributed by atoms with E-state index < -0.39 is 5.97 Å². The van der Waals surface area contributed by atoms with Gasteiger partial charge in [-0.1, -0.05) is 30.3 Å². The van der Waals surface area contributed by atoms with Gasteiger partial charge in [-0.25, -0.2) is 0 Å². The SMILES string of the molecule is O=C(O)Cc1ccccc1CNCc1cccs1. The summed E-state index contributed by atoms with van der Waals surface area (Å²) in [4.78, 5) is 12.0. The molecule has 0 bridgehead atoms. The van der Waals surface area contributed by atoms with Crippen molar-refractivity contribution in [1.82, 2.24) is 5.32 Å². The van der Waals surface area contributed by atoms with Crippen molar-refractivity contribution in [1.29, 1.82) is 0 Å². The van der Waals surface area contributed by atoms with E-state index in [1.54, 1.807) is 11.3 Å². The van der Waals surface area contributed by atoms with Crippen LogP contribution in [0, 0.1) is 0 Å². The molecular weight excluding hydrogens is 246 g/mol. The standard InChI is InChI=1S/C14H15NO2S/c16-14(17)8-11-4-1-2-5-12(11)9-15-10-13-6-3-7-18-13/h1-7,15H,8-10H2,(H,16,17). The molecule has 94 valence electrons. The van der Waals surface area contributed by atoms with Crippen LogP contribution in [0.4, 0.5) is 0 Å². The molecule has 0 radical (unpaired) electrons. The van der Waals surface area contributed by atoms with E-state index in [-0.39, 0.29) is 6.42 Å². The molecule has 0 amide bonds. The largest absolute Gasteiger partial charge is 0.481 e. The maximum Gasteiger partial charge on any atom is 0.307 e. The second-order valence-corrected chi connectivity index (χ2v) is 5.05. The van der Waals surface area contributed by atoms with Crippen LogP contribution in [0.1, 0.15) is 16.0 Å². The topological polar surface area (TPSA) is 49.3 Å². The second kappa shape index (κ2) is 6.33. The number of aliphatic carboxylic acids is 1. The third-order valence-electron chi connectivity index (χ3n) is 2.65. The van der Waals surface area contributed by atoms with Gasteiger partial charge >= 0.3 is 5.97 Å². The van der Waals surface area contributed by atoms with Gasteiger partial charge in [-0.2, -0.15) is 0 Å². The van der Waals surface area contributed by atoms with E-state index >= 15 is 0 Å². The Labute approximate surface area is 110 Å². The summed E-state index contributed by atoms with van der Waals surface area (Å²) in [6, 6.07) is 11.8. The Morgan fingerprint density at radius 1 is 1.11 bits per heavy atom. The summed E-state index contributed by atoms with van der Waals surface area (Å²) in [5, 5.41) is 14.2. The monoisotopic (exact) mass is 261 g/mol. The highest BCUT2D eigenvalue weighted by Gasteiger charge is 2.05. The Morgan fingerprint density at radius 3 is 2.56 bits per heavy atom. The third kappa shape index (κ3) is 3.68. The average molecular weight is 261 g/mol. The smallest absolute Gasteiger partial charge is 0.307 e. The number of thiophene rings is 1. The second-order valence-electron chi connectivity index (χ2n) is 4.02. The van der Waals surface area contributed by atoms with Crippen LogP contribution in [0.2, 0.25) is 0 Å². The summed E-state index contributed by atoms with van der Waals surface area (Å²) >= 11 is 1.72. The van der Waals surface area contributed by atoms with E-state index in [0.717, 1.165) is 17.7 Å². The van der Waals surface area contributed by atoms with Gasteiger partial charge in [-0.3, -0.25) is 4.79 Å². The molecule has 0 aliphatic heterocycles. The number of nitrogens with one attached hydrogen (secondary N) is 1. The van der Waals surface area contributed by atoms with Gasteiger partial charge in [0.05, 0.1) is 6.42 Å². The summed E-state index contributed by atoms with van der Waals surface area (Å²) in [6.07, 6.45) is 0.0802. The molecule has 0 unspecified atom stereocenters. The molecule has 0 fully saturated rings. The summed E-state index contributed by atoms with van der Waals surface area (Å²) in [5.41, 5.74) is 1.93. The number of hydrogen-bond donors (Lipinski definition) is 2. The number of benzene rings is 1. The lowest BCUT2D eigenvalue weighted by Gasteiger charge is -2.08. The van der Waals surface area contributed by atoms with Crippen molar-refractivity contribution >= 4 is 17.3 Å². The van der Waals surface area contributed by atoms with Gasteiger partial charge in [0.1, 0.15) is 0 Å². The van der Waals surface area contributed by atoms with Crippen molar-refractivity contribution < 1.29 is 9.90 Å². The molecule has 4 heteroatoms. The Kier molecular flexibility index (Phi) is 4.50. The summed E-state index contributed by atoms with van der Waals surface area (Å²) in [5.74, 6) is -0.791. The first kappa shape index (κ1) is 12.8. The minimum atomic E-state index is -0.791. The zero-order valence-electron chi connectivity index (χ0n) is 9.93. The minimum absolute atomic E-state index is 0.0802. The maximum absolute atomic E-state index is 10.8. The zero-order valence-corrected chi connectivity index (χ0v) is 10.7. The first-order valence-corrected chi connectivity index (χ1v) is 6.65. The highest BCUT2D eigenvalue weighted by molar-refractivity contribution is 7.09. The fourth-order valence-electron chi connectivity index (χ4n) is 1.80. The predicted octanol–water partition coefficient (Wildman–Crippen LogP) is 2.67. The highest BCUT2D eigenvalue weighted by atomic mass is 32.1. The van der Waals surface area contributed by atoms with Gasteiger partial charge in [0.25, 0.3) is 0 Å². The van der Waals surface area contributed by atoms with E-state index in [2.05, 4.69) is 16.8 Å². The van der Waals surface area contributed by atoms with Crippen molar-refractivity contribution in [3.05, 3.63) is 57.8 Å². The van der Waals surface area contributed by atoms with Crippen LogP contribution in [0.25, 0.3) is 0 Å². The molecule has 0 aliphatic carbocycles. The molecule has 2 rings (SSSR count). The lowest BCUT2D eigenvalue weighted by Crippen LogP contribution is -2.14. The van der Waals surface area contributed by atoms with Crippen molar-refractivity contribution in [3.8, 4) is 0 Å². The summed E-state index contributed by atoms with van der Waals surface area (Å²) in [7, 11) is 0. The van der Waals surface area contributed by atoms with E-state index in [9.17, 15) is 4.79 Å². The molecule has 0 saturated heterocycles. The van der Waals surface area contributed by atoms with Gasteiger partial charge in [-0.15, -0.1) is 11.3 Å². The Morgan fingerprint density at radius 2 is 1.89 bits per heavy atom. The molecule has 0 saturated carbocycles. The van der Waals surface area contributed by atoms with Crippen LogP contribution in [0.15, 0.2) is 41.8 Å². The Bertz CT molecular complexity index is 508. The fraction of sp³-hybridized carbons (Fsp3) is 0.214. The molecule has 1 aromatic heterocycles.